The van der Waals surface area contributed by atoms with Crippen molar-refractivity contribution in [1.82, 2.24) is 15.1 Å². The smallest absolute Gasteiger partial charge is 0.255 e. The molecule has 35 heavy (non-hydrogen) atoms. The number of carbonyl (C=O) groups excluding carboxylic acids is 1. The largest absolute Gasteiger partial charge is 0.352 e. The third-order valence-corrected chi connectivity index (χ3v) is 7.59. The second-order valence-corrected chi connectivity index (χ2v) is 10.8. The summed E-state index contributed by atoms with van der Waals surface area (Å²) in [4.78, 5) is 13.1. The molecule has 0 aliphatic rings. The minimum atomic E-state index is -3.26. The van der Waals surface area contributed by atoms with Crippen molar-refractivity contribution in [3.63, 3.8) is 0 Å². The molecule has 4 aromatic rings. The van der Waals surface area contributed by atoms with Crippen molar-refractivity contribution in [2.45, 2.75) is 26.0 Å². The van der Waals surface area contributed by atoms with Crippen molar-refractivity contribution in [1.29, 1.82) is 0 Å². The first-order chi connectivity index (χ1) is 16.8. The fraction of sp³-hybridized carbons (Fsp3) is 0.214. The van der Waals surface area contributed by atoms with Gasteiger partial charge in [0, 0.05) is 18.3 Å². The molecule has 0 saturated heterocycles. The lowest BCUT2D eigenvalue weighted by molar-refractivity contribution is 0.0954. The summed E-state index contributed by atoms with van der Waals surface area (Å²) in [5.74, 6) is -0.265. The summed E-state index contributed by atoms with van der Waals surface area (Å²) >= 11 is 0. The van der Waals surface area contributed by atoms with E-state index in [0.717, 1.165) is 22.4 Å². The van der Waals surface area contributed by atoms with Crippen LogP contribution in [0, 0.1) is 13.8 Å². The van der Waals surface area contributed by atoms with Gasteiger partial charge in [-0.3, -0.25) is 4.79 Å². The molecule has 0 aliphatic heterocycles. The van der Waals surface area contributed by atoms with Crippen LogP contribution in [0.5, 0.6) is 0 Å². The average molecular weight is 488 g/mol. The molecule has 0 spiro atoms. The van der Waals surface area contributed by atoms with Gasteiger partial charge >= 0.3 is 0 Å². The van der Waals surface area contributed by atoms with Crippen LogP contribution in [0.2, 0.25) is 0 Å². The van der Waals surface area contributed by atoms with Crippen molar-refractivity contribution in [2.24, 2.45) is 0 Å². The molecule has 1 N–H and O–H groups in total. The second-order valence-electron chi connectivity index (χ2n) is 8.66. The van der Waals surface area contributed by atoms with Crippen LogP contribution in [0.4, 0.5) is 0 Å². The van der Waals surface area contributed by atoms with E-state index in [1.54, 1.807) is 23.0 Å². The average Bonchev–Trinajstić information content (AvgIpc) is 3.30. The first-order valence-electron chi connectivity index (χ1n) is 11.6. The highest BCUT2D eigenvalue weighted by Crippen LogP contribution is 2.26. The highest BCUT2D eigenvalue weighted by atomic mass is 32.2. The van der Waals surface area contributed by atoms with E-state index in [0.29, 0.717) is 17.7 Å². The van der Waals surface area contributed by atoms with Crippen molar-refractivity contribution in [3.8, 4) is 16.9 Å². The zero-order valence-corrected chi connectivity index (χ0v) is 20.8. The van der Waals surface area contributed by atoms with Crippen LogP contribution in [0.1, 0.15) is 33.5 Å². The summed E-state index contributed by atoms with van der Waals surface area (Å²) in [5.41, 5.74) is 5.80. The van der Waals surface area contributed by atoms with Crippen LogP contribution >= 0.6 is 0 Å². The summed E-state index contributed by atoms with van der Waals surface area (Å²) in [7, 11) is -3.26. The lowest BCUT2D eigenvalue weighted by atomic mass is 10.0. The molecule has 3 aromatic carbocycles. The molecule has 6 nitrogen and oxygen atoms in total. The molecule has 0 unspecified atom stereocenters. The monoisotopic (exact) mass is 487 g/mol. The fourth-order valence-electron chi connectivity index (χ4n) is 3.84. The molecule has 0 radical (unpaired) electrons. The van der Waals surface area contributed by atoms with Crippen molar-refractivity contribution >= 4 is 15.7 Å². The Morgan fingerprint density at radius 1 is 0.914 bits per heavy atom. The fourth-order valence-corrected chi connectivity index (χ4v) is 5.27. The number of nitrogens with zero attached hydrogens (tertiary/aromatic N) is 2. The molecule has 0 aliphatic carbocycles. The van der Waals surface area contributed by atoms with E-state index < -0.39 is 9.84 Å². The molecule has 1 aromatic heterocycles. The molecule has 7 heteroatoms. The van der Waals surface area contributed by atoms with Gasteiger partial charge < -0.3 is 5.32 Å². The number of nitrogens with one attached hydrogen (secondary N) is 1. The van der Waals surface area contributed by atoms with Gasteiger partial charge in [0.25, 0.3) is 5.91 Å². The Labute approximate surface area is 206 Å². The van der Waals surface area contributed by atoms with E-state index in [1.165, 1.54) is 5.56 Å². The normalized spacial score (nSPS) is 11.4. The molecular weight excluding hydrogens is 458 g/mol. The number of benzene rings is 3. The Kier molecular flexibility index (Phi) is 7.46. The Hall–Kier alpha value is -3.71. The van der Waals surface area contributed by atoms with Crippen LogP contribution in [0.25, 0.3) is 16.9 Å². The van der Waals surface area contributed by atoms with Crippen LogP contribution in [-0.2, 0) is 15.6 Å². The predicted molar refractivity (Wildman–Crippen MR) is 139 cm³/mol. The highest BCUT2D eigenvalue weighted by Gasteiger charge is 2.19. The minimum Gasteiger partial charge on any atom is -0.352 e. The van der Waals surface area contributed by atoms with Gasteiger partial charge in [0.15, 0.2) is 9.84 Å². The summed E-state index contributed by atoms with van der Waals surface area (Å²) < 4.78 is 26.6. The van der Waals surface area contributed by atoms with Crippen LogP contribution < -0.4 is 5.32 Å². The summed E-state index contributed by atoms with van der Waals surface area (Å²) in [6.07, 6.45) is 2.06. The minimum absolute atomic E-state index is 0.00254. The Balaban J connectivity index is 1.48. The third-order valence-electron chi connectivity index (χ3n) is 5.91. The van der Waals surface area contributed by atoms with E-state index in [1.807, 2.05) is 80.6 Å². The molecule has 0 atom stereocenters. The quantitative estimate of drug-likeness (QED) is 0.341. The Morgan fingerprint density at radius 3 is 2.29 bits per heavy atom. The maximum absolute atomic E-state index is 13.1. The molecule has 0 saturated carbocycles. The number of aryl methyl sites for hydroxylation is 2. The van der Waals surface area contributed by atoms with E-state index in [-0.39, 0.29) is 24.0 Å². The first kappa shape index (κ1) is 24.4. The standard InChI is InChI=1S/C28H29N3O3S/c1-21-14-15-24(18-22(21)2)27-26(19-31(30-27)25-12-7-4-8-13-25)28(32)29-16-9-17-35(33,34)20-23-10-5-3-6-11-23/h3-8,10-15,18-19H,9,16-17,20H2,1-2H3,(H,29,32). The number of rotatable bonds is 9. The van der Waals surface area contributed by atoms with Crippen molar-refractivity contribution in [2.75, 3.05) is 12.3 Å². The zero-order chi connectivity index (χ0) is 24.8. The van der Waals surface area contributed by atoms with Gasteiger partial charge in [-0.2, -0.15) is 5.10 Å². The van der Waals surface area contributed by atoms with Gasteiger partial charge in [0.2, 0.25) is 0 Å². The second kappa shape index (κ2) is 10.7. The van der Waals surface area contributed by atoms with Crippen LogP contribution in [-0.4, -0.2) is 36.4 Å². The Morgan fingerprint density at radius 2 is 1.60 bits per heavy atom. The molecule has 1 heterocycles. The molecule has 0 fully saturated rings. The van der Waals surface area contributed by atoms with E-state index in [4.69, 9.17) is 5.10 Å². The van der Waals surface area contributed by atoms with Crippen molar-refractivity contribution in [3.05, 3.63) is 107 Å². The molecule has 1 amide bonds. The van der Waals surface area contributed by atoms with Gasteiger partial charge in [0.05, 0.1) is 22.8 Å². The van der Waals surface area contributed by atoms with Crippen molar-refractivity contribution < 1.29 is 13.2 Å². The van der Waals surface area contributed by atoms with E-state index in [9.17, 15) is 13.2 Å². The van der Waals surface area contributed by atoms with Crippen LogP contribution in [0.3, 0.4) is 0 Å². The Bertz CT molecular complexity index is 1410. The predicted octanol–water partition coefficient (Wildman–Crippen LogP) is 4.89. The number of sulfone groups is 1. The molecule has 180 valence electrons. The number of aromatic nitrogens is 2. The molecule has 0 bridgehead atoms. The molecular formula is C28H29N3O3S. The number of amides is 1. The maximum atomic E-state index is 13.1. The molecule has 4 rings (SSSR count). The first-order valence-corrected chi connectivity index (χ1v) is 13.4. The maximum Gasteiger partial charge on any atom is 0.255 e. The summed E-state index contributed by atoms with van der Waals surface area (Å²) in [6, 6.07) is 24.8. The van der Waals surface area contributed by atoms with Gasteiger partial charge in [-0.1, -0.05) is 60.7 Å². The van der Waals surface area contributed by atoms with Crippen LogP contribution in [0.15, 0.2) is 85.1 Å². The van der Waals surface area contributed by atoms with Gasteiger partial charge in [-0.15, -0.1) is 0 Å². The van der Waals surface area contributed by atoms with Gasteiger partial charge in [0.1, 0.15) is 5.69 Å². The number of hydrogen-bond donors (Lipinski definition) is 1. The van der Waals surface area contributed by atoms with E-state index in [2.05, 4.69) is 5.32 Å². The van der Waals surface area contributed by atoms with E-state index >= 15 is 0 Å². The lowest BCUT2D eigenvalue weighted by Crippen LogP contribution is -2.26. The SMILES string of the molecule is Cc1ccc(-c2nn(-c3ccccc3)cc2C(=O)NCCCS(=O)(=O)Cc2ccccc2)cc1C. The highest BCUT2D eigenvalue weighted by molar-refractivity contribution is 7.90. The number of hydrogen-bond acceptors (Lipinski definition) is 4. The summed E-state index contributed by atoms with van der Waals surface area (Å²) in [6.45, 7) is 4.33. The zero-order valence-electron chi connectivity index (χ0n) is 19.9. The number of para-hydroxylation sites is 1. The van der Waals surface area contributed by atoms with Gasteiger partial charge in [-0.05, 0) is 55.2 Å². The lowest BCUT2D eigenvalue weighted by Gasteiger charge is -2.08. The topological polar surface area (TPSA) is 81.1 Å². The third kappa shape index (κ3) is 6.25. The van der Waals surface area contributed by atoms with Gasteiger partial charge in [-0.25, -0.2) is 13.1 Å². The summed E-state index contributed by atoms with van der Waals surface area (Å²) in [5, 5.41) is 7.60. The number of carbonyl (C=O) groups is 1.